The number of nitrogens with zero attached hydrogens (tertiary/aromatic N) is 1. The predicted molar refractivity (Wildman–Crippen MR) is 218 cm³/mol. The van der Waals surface area contributed by atoms with Crippen LogP contribution < -0.4 is 31.8 Å². The number of rotatable bonds is 8. The maximum atomic E-state index is 10.0. The number of nitrogens with one attached hydrogen (secondary N) is 1. The molecule has 3 nitrogen and oxygen atoms in total. The molecule has 0 spiro atoms. The molecule has 7 aromatic rings. The molecule has 0 heterocycles. The second-order valence-corrected chi connectivity index (χ2v) is 16.0. The fraction of sp³-hybridized carbons (Fsp3) is 0. The van der Waals surface area contributed by atoms with Crippen LogP contribution in [0.4, 0.5) is 11.4 Å². The monoisotopic (exact) mass is 796 g/mol. The Morgan fingerprint density at radius 3 is 1.28 bits per heavy atom. The summed E-state index contributed by atoms with van der Waals surface area (Å²) in [7, 11) is 2.28. The van der Waals surface area contributed by atoms with Gasteiger partial charge in [-0.05, 0) is 78.9 Å². The van der Waals surface area contributed by atoms with Crippen LogP contribution in [-0.4, -0.2) is 11.3 Å². The van der Waals surface area contributed by atoms with Gasteiger partial charge in [-0.3, -0.25) is 4.99 Å². The van der Waals surface area contributed by atoms with Crippen LogP contribution in [0.25, 0.3) is 5.73 Å². The third-order valence-corrected chi connectivity index (χ3v) is 13.5. The van der Waals surface area contributed by atoms with Crippen molar-refractivity contribution in [3.05, 3.63) is 205 Å². The third kappa shape index (κ3) is 9.85. The van der Waals surface area contributed by atoms with E-state index in [1.165, 1.54) is 26.5 Å². The molecule has 0 amide bonds. The maximum absolute atomic E-state index is 10.0. The molecule has 7 aromatic carbocycles. The number of benzene rings is 7. The van der Waals surface area contributed by atoms with Gasteiger partial charge in [-0.15, -0.1) is 0 Å². The van der Waals surface area contributed by atoms with E-state index in [1.54, 1.807) is 12.3 Å². The number of hydrogen-bond donors (Lipinski definition) is 1. The average molecular weight is 796 g/mol. The molecular formula is C43H37ClN2OP2Ru+2. The minimum Gasteiger partial charge on any atom is -0.696 e. The summed E-state index contributed by atoms with van der Waals surface area (Å²) in [4.78, 5) is 4.75. The summed E-state index contributed by atoms with van der Waals surface area (Å²) in [5.74, 6) is 0.236. The maximum Gasteiger partial charge on any atom is 0.102 e. The Labute approximate surface area is 311 Å². The Kier molecular flexibility index (Phi) is 14.5. The Morgan fingerprint density at radius 1 is 0.460 bits per heavy atom. The Balaban J connectivity index is 0.000000195. The second-order valence-electron chi connectivity index (χ2n) is 11.1. The topological polar surface area (TPSA) is 56.4 Å². The van der Waals surface area contributed by atoms with Gasteiger partial charge in [0.2, 0.25) is 0 Å². The van der Waals surface area contributed by atoms with Crippen molar-refractivity contribution >= 4 is 75.0 Å². The van der Waals surface area contributed by atoms with Crippen LogP contribution >= 0.6 is 25.5 Å². The van der Waals surface area contributed by atoms with Crippen LogP contribution in [0.5, 0.6) is 5.75 Å². The Hall–Kier alpha value is -4.42. The molecule has 248 valence electrons. The summed E-state index contributed by atoms with van der Waals surface area (Å²) in [6.45, 7) is 0. The van der Waals surface area contributed by atoms with Gasteiger partial charge in [-0.1, -0.05) is 121 Å². The van der Waals surface area contributed by atoms with Crippen molar-refractivity contribution < 1.29 is 22.4 Å². The van der Waals surface area contributed by atoms with Crippen molar-refractivity contribution in [1.82, 2.24) is 0 Å². The first-order valence-electron chi connectivity index (χ1n) is 16.0. The molecule has 0 fully saturated rings. The van der Waals surface area contributed by atoms with Gasteiger partial charge in [0.05, 0.1) is 13.2 Å². The van der Waals surface area contributed by atoms with Gasteiger partial charge in [0.15, 0.2) is 0 Å². The molecule has 0 aliphatic heterocycles. The van der Waals surface area contributed by atoms with Crippen LogP contribution in [0.1, 0.15) is 5.56 Å². The standard InChI is InChI=1S/C25H20NOP.C18H15NP.ClH.Ru/c27-24-17-9-7-11-20(24)19-26-23-16-8-10-18-25(23)28(21-12-3-1-4-13-21)22-14-5-2-6-15-22;19-17-13-7-8-14-18(17)20(15-9-3-1-4-10-15)16-11-5-2-6-12-16;;/h1-19,27H;1-14,19H;1H;/q;-1;;+2/p+1. The fourth-order valence-electron chi connectivity index (χ4n) is 5.61. The number of para-hydroxylation sites is 2. The van der Waals surface area contributed by atoms with E-state index in [1.807, 2.05) is 78.0 Å². The van der Waals surface area contributed by atoms with Crippen LogP contribution in [-0.2, 0) is 17.3 Å². The molecule has 0 bridgehead atoms. The molecule has 2 N–H and O–H groups in total. The number of hydrogen-bond acceptors (Lipinski definition) is 2. The summed E-state index contributed by atoms with van der Waals surface area (Å²) in [6.07, 6.45) is 1.74. The number of aromatic hydroxyl groups is 1. The van der Waals surface area contributed by atoms with Crippen molar-refractivity contribution in [2.45, 2.75) is 0 Å². The Bertz CT molecular complexity index is 1990. The first kappa shape index (κ1) is 36.9. The van der Waals surface area contributed by atoms with E-state index in [2.05, 4.69) is 137 Å². The molecular weight excluding hydrogens is 759 g/mol. The molecule has 0 aromatic heterocycles. The van der Waals surface area contributed by atoms with Crippen LogP contribution in [0.2, 0.25) is 0 Å². The normalized spacial score (nSPS) is 10.6. The zero-order valence-corrected chi connectivity index (χ0v) is 31.7. The fourth-order valence-corrected chi connectivity index (χ4v) is 10.9. The van der Waals surface area contributed by atoms with Crippen molar-refractivity contribution in [3.63, 3.8) is 0 Å². The molecule has 0 unspecified atom stereocenters. The van der Waals surface area contributed by atoms with Gasteiger partial charge >= 0.3 is 27.0 Å². The van der Waals surface area contributed by atoms with Crippen LogP contribution in [0.3, 0.4) is 0 Å². The molecule has 0 saturated heterocycles. The summed E-state index contributed by atoms with van der Waals surface area (Å²) in [5.41, 5.74) is 10.5. The average Bonchev–Trinajstić information content (AvgIpc) is 3.19. The van der Waals surface area contributed by atoms with E-state index in [4.69, 9.17) is 10.7 Å². The summed E-state index contributed by atoms with van der Waals surface area (Å²) < 4.78 is 0. The van der Waals surface area contributed by atoms with E-state index in [9.17, 15) is 5.11 Å². The number of phenols is 1. The zero-order chi connectivity index (χ0) is 35.0. The third-order valence-electron chi connectivity index (χ3n) is 7.90. The zero-order valence-electron chi connectivity index (χ0n) is 27.2. The molecule has 0 atom stereocenters. The van der Waals surface area contributed by atoms with Crippen molar-refractivity contribution in [1.29, 1.82) is 0 Å². The molecule has 7 heteroatoms. The van der Waals surface area contributed by atoms with E-state index in [-0.39, 0.29) is 5.75 Å². The van der Waals surface area contributed by atoms with E-state index in [0.29, 0.717) is 11.3 Å². The van der Waals surface area contributed by atoms with Crippen molar-refractivity contribution in [3.8, 4) is 5.75 Å². The SMILES string of the molecule is Oc1ccccc1C=Nc1ccccc1[PH+](c1ccccc1)c1ccccc1.[Cl][Ru+].[NH-]c1ccccc1[PH+](c1ccccc1)c1ccccc1. The minimum absolute atomic E-state index is 0.236. The first-order chi connectivity index (χ1) is 24.7. The summed E-state index contributed by atoms with van der Waals surface area (Å²) in [6, 6.07) is 65.9. The van der Waals surface area contributed by atoms with Crippen LogP contribution in [0, 0.1) is 0 Å². The van der Waals surface area contributed by atoms with Gasteiger partial charge < -0.3 is 10.8 Å². The molecule has 0 aliphatic rings. The quantitative estimate of drug-likeness (QED) is 0.0932. The largest absolute Gasteiger partial charge is 0.696 e. The minimum atomic E-state index is -1.20. The second kappa shape index (κ2) is 19.7. The Morgan fingerprint density at radius 2 is 0.820 bits per heavy atom. The van der Waals surface area contributed by atoms with Gasteiger partial charge in [0.25, 0.3) is 0 Å². The summed E-state index contributed by atoms with van der Waals surface area (Å²) in [5, 5.41) is 17.7. The molecule has 50 heavy (non-hydrogen) atoms. The van der Waals surface area contributed by atoms with Gasteiger partial charge in [-0.2, -0.15) is 0 Å². The summed E-state index contributed by atoms with van der Waals surface area (Å²) >= 11 is 1.82. The molecule has 0 aliphatic carbocycles. The van der Waals surface area contributed by atoms with E-state index in [0.717, 1.165) is 11.0 Å². The molecule has 0 saturated carbocycles. The molecule has 0 radical (unpaired) electrons. The van der Waals surface area contributed by atoms with E-state index < -0.39 is 15.8 Å². The van der Waals surface area contributed by atoms with Crippen molar-refractivity contribution in [2.24, 2.45) is 4.99 Å². The first-order valence-corrected chi connectivity index (χ1v) is 21.2. The number of phenolic OH excluding ortho intramolecular Hbond substituents is 1. The predicted octanol–water partition coefficient (Wildman–Crippen LogP) is 9.18. The number of halogens is 1. The van der Waals surface area contributed by atoms with Gasteiger partial charge in [-0.25, -0.2) is 0 Å². The van der Waals surface area contributed by atoms with E-state index >= 15 is 0 Å². The van der Waals surface area contributed by atoms with Crippen LogP contribution in [0.15, 0.2) is 199 Å². The van der Waals surface area contributed by atoms with Gasteiger partial charge in [0, 0.05) is 11.8 Å². The number of aliphatic imine (C=N–C) groups is 1. The van der Waals surface area contributed by atoms with Crippen molar-refractivity contribution in [2.75, 3.05) is 0 Å². The van der Waals surface area contributed by atoms with Gasteiger partial charge in [0.1, 0.15) is 45.9 Å². The smallest absolute Gasteiger partial charge is 0.102 e. The molecule has 7 rings (SSSR count).